The monoisotopic (exact) mass is 553 g/mol. The molecule has 5 rings (SSSR count). The van der Waals surface area contributed by atoms with Gasteiger partial charge in [0.05, 0.1) is 17.1 Å². The Balaban J connectivity index is 1.24. The van der Waals surface area contributed by atoms with Crippen LogP contribution < -0.4 is 10.2 Å². The third kappa shape index (κ3) is 6.86. The molecule has 2 aliphatic rings. The number of carbonyl (C=O) groups is 2. The largest absolute Gasteiger partial charge is 0.352 e. The van der Waals surface area contributed by atoms with E-state index in [1.54, 1.807) is 0 Å². The number of carbonyl (C=O) groups excluding carboxylic acids is 2. The number of thioether (sulfide) groups is 1. The Morgan fingerprint density at radius 3 is 2.67 bits per heavy atom. The molecule has 2 amide bonds. The van der Waals surface area contributed by atoms with Crippen LogP contribution >= 0.6 is 11.8 Å². The van der Waals surface area contributed by atoms with Crippen LogP contribution in [0.15, 0.2) is 76.5 Å². The fraction of sp³-hybridized carbons (Fsp3) is 0.353. The average Bonchev–Trinajstić information content (AvgIpc) is 2.95. The van der Waals surface area contributed by atoms with Gasteiger partial charge in [0, 0.05) is 23.5 Å². The molecule has 1 atom stereocenters. The first kappa shape index (κ1) is 28.2. The molecule has 5 nitrogen and oxygen atoms in total. The van der Waals surface area contributed by atoms with E-state index >= 15 is 0 Å². The Labute approximate surface area is 242 Å². The maximum atomic E-state index is 13.7. The number of amides is 2. The minimum atomic E-state index is -0.0528. The van der Waals surface area contributed by atoms with Crippen LogP contribution in [0.1, 0.15) is 58.8 Å². The standard InChI is InChI=1S/C34H39N3O2S/c1-24-11-12-26(3)29(20-24)23-37-30-9-4-5-10-31(30)40-32(34(37)39)21-27-13-15-28(16-14-27)33(38)35-17-7-19-36-18-6-8-25(2)22-36/h4-5,9-16,20-21,25H,6-8,17-19,22-23H2,1-3H3,(H,35,38)/b32-21-. The van der Waals surface area contributed by atoms with Crippen molar-refractivity contribution in [3.8, 4) is 0 Å². The third-order valence-electron chi connectivity index (χ3n) is 7.81. The van der Waals surface area contributed by atoms with Crippen LogP contribution in [0.3, 0.4) is 0 Å². The third-order valence-corrected chi connectivity index (χ3v) is 8.89. The second kappa shape index (κ2) is 12.9. The summed E-state index contributed by atoms with van der Waals surface area (Å²) in [6, 6.07) is 22.0. The molecule has 1 N–H and O–H groups in total. The summed E-state index contributed by atoms with van der Waals surface area (Å²) in [7, 11) is 0. The highest BCUT2D eigenvalue weighted by Crippen LogP contribution is 2.42. The molecule has 0 aliphatic carbocycles. The SMILES string of the molecule is Cc1ccc(C)c(CN2C(=O)/C(=C/c3ccc(C(=O)NCCCN4CCCC(C)C4)cc3)Sc3ccccc32)c1. The van der Waals surface area contributed by atoms with Gasteiger partial charge < -0.3 is 15.1 Å². The number of nitrogens with zero attached hydrogens (tertiary/aromatic N) is 2. The van der Waals surface area contributed by atoms with Crippen molar-refractivity contribution in [1.29, 1.82) is 0 Å². The van der Waals surface area contributed by atoms with Crippen LogP contribution in [0.25, 0.3) is 6.08 Å². The lowest BCUT2D eigenvalue weighted by molar-refractivity contribution is -0.114. The summed E-state index contributed by atoms with van der Waals surface area (Å²) in [5.41, 5.74) is 5.99. The Hall–Kier alpha value is -3.35. The molecule has 6 heteroatoms. The highest BCUT2D eigenvalue weighted by atomic mass is 32.2. The van der Waals surface area contributed by atoms with Crippen LogP contribution in [0.2, 0.25) is 0 Å². The number of likely N-dealkylation sites (tertiary alicyclic amines) is 1. The minimum Gasteiger partial charge on any atom is -0.352 e. The zero-order valence-electron chi connectivity index (χ0n) is 23.8. The highest BCUT2D eigenvalue weighted by molar-refractivity contribution is 8.04. The molecule has 40 heavy (non-hydrogen) atoms. The summed E-state index contributed by atoms with van der Waals surface area (Å²) in [5, 5.41) is 3.06. The van der Waals surface area contributed by atoms with Crippen LogP contribution in [0.4, 0.5) is 5.69 Å². The number of anilines is 1. The van der Waals surface area contributed by atoms with Crippen molar-refractivity contribution in [2.45, 2.75) is 51.5 Å². The number of aryl methyl sites for hydroxylation is 2. The maximum absolute atomic E-state index is 13.7. The van der Waals surface area contributed by atoms with Gasteiger partial charge in [-0.05, 0) is 99.1 Å². The van der Waals surface area contributed by atoms with E-state index in [1.807, 2.05) is 53.4 Å². The molecule has 1 saturated heterocycles. The van der Waals surface area contributed by atoms with Gasteiger partial charge in [-0.3, -0.25) is 9.59 Å². The average molecular weight is 554 g/mol. The van der Waals surface area contributed by atoms with Gasteiger partial charge in [-0.25, -0.2) is 0 Å². The number of hydrogen-bond acceptors (Lipinski definition) is 4. The fourth-order valence-corrected chi connectivity index (χ4v) is 6.60. The van der Waals surface area contributed by atoms with Crippen LogP contribution in [0, 0.1) is 19.8 Å². The quantitative estimate of drug-likeness (QED) is 0.245. The van der Waals surface area contributed by atoms with Crippen molar-refractivity contribution in [2.24, 2.45) is 5.92 Å². The summed E-state index contributed by atoms with van der Waals surface area (Å²) >= 11 is 1.50. The van der Waals surface area contributed by atoms with Gasteiger partial charge in [0.25, 0.3) is 11.8 Å². The summed E-state index contributed by atoms with van der Waals surface area (Å²) < 4.78 is 0. The molecule has 3 aromatic rings. The number of rotatable bonds is 8. The number of benzene rings is 3. The first-order valence-corrected chi connectivity index (χ1v) is 15.2. The normalized spacial score (nSPS) is 18.6. The smallest absolute Gasteiger partial charge is 0.265 e. The van der Waals surface area contributed by atoms with Gasteiger partial charge in [-0.15, -0.1) is 0 Å². The van der Waals surface area contributed by atoms with E-state index in [0.29, 0.717) is 23.6 Å². The van der Waals surface area contributed by atoms with E-state index < -0.39 is 0 Å². The summed E-state index contributed by atoms with van der Waals surface area (Å²) in [6.45, 7) is 11.1. The van der Waals surface area contributed by atoms with Crippen molar-refractivity contribution < 1.29 is 9.59 Å². The molecule has 3 aromatic carbocycles. The van der Waals surface area contributed by atoms with E-state index in [1.165, 1.54) is 48.8 Å². The summed E-state index contributed by atoms with van der Waals surface area (Å²) in [4.78, 5) is 32.5. The lowest BCUT2D eigenvalue weighted by atomic mass is 10.0. The number of nitrogens with one attached hydrogen (secondary N) is 1. The Morgan fingerprint density at radius 1 is 1.07 bits per heavy atom. The first-order chi connectivity index (χ1) is 19.4. The number of para-hydroxylation sites is 1. The molecule has 2 heterocycles. The molecular formula is C34H39N3O2S. The van der Waals surface area contributed by atoms with E-state index in [4.69, 9.17) is 0 Å². The minimum absolute atomic E-state index is 0.00507. The Bertz CT molecular complexity index is 1400. The lowest BCUT2D eigenvalue weighted by Crippen LogP contribution is -2.36. The van der Waals surface area contributed by atoms with Crippen molar-refractivity contribution in [2.75, 3.05) is 31.1 Å². The molecular weight excluding hydrogens is 514 g/mol. The molecule has 2 aliphatic heterocycles. The van der Waals surface area contributed by atoms with Gasteiger partial charge in [0.15, 0.2) is 0 Å². The molecule has 0 radical (unpaired) electrons. The van der Waals surface area contributed by atoms with E-state index in [-0.39, 0.29) is 11.8 Å². The summed E-state index contributed by atoms with van der Waals surface area (Å²) in [5.74, 6) is 0.715. The second-order valence-electron chi connectivity index (χ2n) is 11.2. The highest BCUT2D eigenvalue weighted by Gasteiger charge is 2.29. The number of hydrogen-bond donors (Lipinski definition) is 1. The fourth-order valence-electron chi connectivity index (χ4n) is 5.54. The molecule has 0 aromatic heterocycles. The van der Waals surface area contributed by atoms with Gasteiger partial charge >= 0.3 is 0 Å². The van der Waals surface area contributed by atoms with Crippen LogP contribution in [-0.4, -0.2) is 42.9 Å². The molecule has 1 unspecified atom stereocenters. The van der Waals surface area contributed by atoms with E-state index in [2.05, 4.69) is 55.3 Å². The van der Waals surface area contributed by atoms with Gasteiger partial charge in [0.1, 0.15) is 0 Å². The number of piperidine rings is 1. The van der Waals surface area contributed by atoms with E-state index in [9.17, 15) is 9.59 Å². The molecule has 0 saturated carbocycles. The van der Waals surface area contributed by atoms with Crippen molar-refractivity contribution in [3.63, 3.8) is 0 Å². The molecule has 208 valence electrons. The van der Waals surface area contributed by atoms with E-state index in [0.717, 1.165) is 40.6 Å². The predicted molar refractivity (Wildman–Crippen MR) is 166 cm³/mol. The topological polar surface area (TPSA) is 52.7 Å². The van der Waals surface area contributed by atoms with Gasteiger partial charge in [-0.2, -0.15) is 0 Å². The predicted octanol–water partition coefficient (Wildman–Crippen LogP) is 6.84. The molecule has 0 spiro atoms. The lowest BCUT2D eigenvalue weighted by Gasteiger charge is -2.31. The van der Waals surface area contributed by atoms with Gasteiger partial charge in [0.2, 0.25) is 0 Å². The van der Waals surface area contributed by atoms with Gasteiger partial charge in [-0.1, -0.05) is 66.7 Å². The first-order valence-electron chi connectivity index (χ1n) is 14.3. The summed E-state index contributed by atoms with van der Waals surface area (Å²) in [6.07, 6.45) is 5.49. The maximum Gasteiger partial charge on any atom is 0.265 e. The number of fused-ring (bicyclic) bond motifs is 1. The Morgan fingerprint density at radius 2 is 1.88 bits per heavy atom. The van der Waals surface area contributed by atoms with Crippen molar-refractivity contribution in [3.05, 3.63) is 99.5 Å². The zero-order valence-corrected chi connectivity index (χ0v) is 24.6. The van der Waals surface area contributed by atoms with Crippen molar-refractivity contribution >= 4 is 35.3 Å². The molecule has 0 bridgehead atoms. The zero-order chi connectivity index (χ0) is 28.1. The molecule has 1 fully saturated rings. The second-order valence-corrected chi connectivity index (χ2v) is 12.3. The van der Waals surface area contributed by atoms with Crippen molar-refractivity contribution in [1.82, 2.24) is 10.2 Å². The van der Waals surface area contributed by atoms with Crippen LogP contribution in [-0.2, 0) is 11.3 Å². The Kier molecular flexibility index (Phi) is 9.08. The van der Waals surface area contributed by atoms with Crippen LogP contribution in [0.5, 0.6) is 0 Å².